The summed E-state index contributed by atoms with van der Waals surface area (Å²) in [5.74, 6) is -0.0779. The number of nitrogens with two attached hydrogens (primary N) is 1. The molecule has 5 nitrogen and oxygen atoms in total. The monoisotopic (exact) mass is 522 g/mol. The van der Waals surface area contributed by atoms with Gasteiger partial charge in [-0.3, -0.25) is 9.59 Å². The third-order valence-corrected chi connectivity index (χ3v) is 8.14. The normalized spacial score (nSPS) is 20.3. The minimum atomic E-state index is -0.665. The molecule has 3 atom stereocenters. The fourth-order valence-electron chi connectivity index (χ4n) is 6.20. The van der Waals surface area contributed by atoms with Gasteiger partial charge in [0.25, 0.3) is 5.91 Å². The molecular formula is C34H38N2O3. The van der Waals surface area contributed by atoms with E-state index in [0.717, 1.165) is 24.0 Å². The Kier molecular flexibility index (Phi) is 7.46. The van der Waals surface area contributed by atoms with Crippen LogP contribution in [0.15, 0.2) is 78.4 Å². The largest absolute Gasteiger partial charge is 0.455 e. The molecule has 0 aromatic heterocycles. The van der Waals surface area contributed by atoms with Crippen LogP contribution in [0, 0.1) is 11.3 Å². The van der Waals surface area contributed by atoms with E-state index in [-0.39, 0.29) is 11.9 Å². The van der Waals surface area contributed by atoms with Gasteiger partial charge in [-0.1, -0.05) is 86.2 Å². The summed E-state index contributed by atoms with van der Waals surface area (Å²) in [6, 6.07) is 24.0. The minimum absolute atomic E-state index is 0.0237. The molecule has 0 unspecified atom stereocenters. The van der Waals surface area contributed by atoms with Crippen LogP contribution in [0.5, 0.6) is 0 Å². The minimum Gasteiger partial charge on any atom is -0.455 e. The first-order chi connectivity index (χ1) is 18.7. The molecule has 0 saturated heterocycles. The number of hydrogen-bond acceptors (Lipinski definition) is 4. The average molecular weight is 523 g/mol. The Bertz CT molecular complexity index is 1410. The maximum absolute atomic E-state index is 13.4. The number of benzene rings is 3. The molecule has 2 N–H and O–H groups in total. The molecule has 2 aliphatic carbocycles. The van der Waals surface area contributed by atoms with Gasteiger partial charge in [-0.25, -0.2) is 0 Å². The summed E-state index contributed by atoms with van der Waals surface area (Å²) in [4.78, 5) is 27.5. The van der Waals surface area contributed by atoms with E-state index in [1.807, 2.05) is 30.3 Å². The van der Waals surface area contributed by atoms with Crippen LogP contribution >= 0.6 is 0 Å². The lowest BCUT2D eigenvalue weighted by Gasteiger charge is -2.38. The number of ether oxygens (including phenoxy) is 1. The predicted molar refractivity (Wildman–Crippen MR) is 155 cm³/mol. The molecule has 5 rings (SSSR count). The molecule has 0 fully saturated rings. The Morgan fingerprint density at radius 3 is 2.31 bits per heavy atom. The van der Waals surface area contributed by atoms with Crippen molar-refractivity contribution in [3.63, 3.8) is 0 Å². The molecule has 202 valence electrons. The predicted octanol–water partition coefficient (Wildman–Crippen LogP) is 5.77. The van der Waals surface area contributed by atoms with Gasteiger partial charge in [-0.2, -0.15) is 0 Å². The zero-order valence-electron chi connectivity index (χ0n) is 23.3. The maximum Gasteiger partial charge on any atom is 0.323 e. The van der Waals surface area contributed by atoms with Crippen molar-refractivity contribution in [3.05, 3.63) is 112 Å². The maximum atomic E-state index is 13.4. The summed E-state index contributed by atoms with van der Waals surface area (Å²) in [5.41, 5.74) is 13.6. The molecule has 5 heteroatoms. The standard InChI is InChI=1S/C34H38N2O3/c1-22(2)17-30(35)33(38)39-31-29-12-8-7-11-27(29)21-34(31,28-18-25-9-5-6-10-26(25)19-28)20-23-13-15-24(16-14-23)32(37)36(3)4/h5-16,18,22,30-31H,17,19-21,35H2,1-4H3/t30-,31+,34-/m0/s1. The second-order valence-electron chi connectivity index (χ2n) is 11.7. The second-order valence-corrected chi connectivity index (χ2v) is 11.7. The number of fused-ring (bicyclic) bond motifs is 2. The van der Waals surface area contributed by atoms with Crippen molar-refractivity contribution in [3.8, 4) is 0 Å². The van der Waals surface area contributed by atoms with Crippen molar-refractivity contribution in [2.24, 2.45) is 17.1 Å². The van der Waals surface area contributed by atoms with Crippen molar-refractivity contribution in [1.29, 1.82) is 0 Å². The van der Waals surface area contributed by atoms with Crippen LogP contribution in [0.25, 0.3) is 6.08 Å². The average Bonchev–Trinajstić information content (AvgIpc) is 3.48. The Labute approximate surface area is 231 Å². The smallest absolute Gasteiger partial charge is 0.323 e. The van der Waals surface area contributed by atoms with Crippen molar-refractivity contribution in [2.75, 3.05) is 14.1 Å². The molecular weight excluding hydrogens is 484 g/mol. The molecule has 0 spiro atoms. The zero-order valence-corrected chi connectivity index (χ0v) is 23.3. The Morgan fingerprint density at radius 1 is 0.974 bits per heavy atom. The SMILES string of the molecule is CC(C)C[C@H](N)C(=O)O[C@@H]1c2ccccc2C[C@@]1(Cc1ccc(C(=O)N(C)C)cc1)C1=Cc2ccccc2C1. The summed E-state index contributed by atoms with van der Waals surface area (Å²) in [5, 5.41) is 0. The third-order valence-electron chi connectivity index (χ3n) is 8.14. The van der Waals surface area contributed by atoms with Gasteiger partial charge in [-0.15, -0.1) is 0 Å². The van der Waals surface area contributed by atoms with Crippen LogP contribution in [-0.2, 0) is 28.8 Å². The van der Waals surface area contributed by atoms with E-state index >= 15 is 0 Å². The molecule has 2 aliphatic rings. The van der Waals surface area contributed by atoms with Crippen molar-refractivity contribution >= 4 is 18.0 Å². The first-order valence-corrected chi connectivity index (χ1v) is 13.8. The van der Waals surface area contributed by atoms with E-state index in [1.54, 1.807) is 19.0 Å². The highest BCUT2D eigenvalue weighted by Gasteiger charge is 2.51. The molecule has 0 bridgehead atoms. The van der Waals surface area contributed by atoms with Gasteiger partial charge in [-0.05, 0) is 71.6 Å². The van der Waals surface area contributed by atoms with E-state index in [9.17, 15) is 9.59 Å². The molecule has 1 amide bonds. The van der Waals surface area contributed by atoms with Crippen LogP contribution in [-0.4, -0.2) is 36.9 Å². The van der Waals surface area contributed by atoms with E-state index < -0.39 is 17.6 Å². The topological polar surface area (TPSA) is 72.6 Å². The van der Waals surface area contributed by atoms with Gasteiger partial charge in [0.05, 0.1) is 0 Å². The van der Waals surface area contributed by atoms with Crippen LogP contribution in [0.2, 0.25) is 0 Å². The van der Waals surface area contributed by atoms with E-state index in [1.165, 1.54) is 22.3 Å². The fourth-order valence-corrected chi connectivity index (χ4v) is 6.20. The van der Waals surface area contributed by atoms with Crippen LogP contribution < -0.4 is 5.73 Å². The first-order valence-electron chi connectivity index (χ1n) is 13.8. The van der Waals surface area contributed by atoms with Crippen LogP contribution in [0.1, 0.15) is 64.5 Å². The van der Waals surface area contributed by atoms with Crippen molar-refractivity contribution in [2.45, 2.75) is 51.7 Å². The number of hydrogen-bond donors (Lipinski definition) is 1. The van der Waals surface area contributed by atoms with Gasteiger partial charge in [0.2, 0.25) is 0 Å². The van der Waals surface area contributed by atoms with Crippen LogP contribution in [0.3, 0.4) is 0 Å². The lowest BCUT2D eigenvalue weighted by Crippen LogP contribution is -2.39. The summed E-state index contributed by atoms with van der Waals surface area (Å²) in [6.07, 6.45) is 4.67. The Balaban J connectivity index is 1.57. The zero-order chi connectivity index (χ0) is 27.7. The number of nitrogens with zero attached hydrogens (tertiary/aromatic N) is 1. The summed E-state index contributed by atoms with van der Waals surface area (Å²) >= 11 is 0. The number of rotatable bonds is 8. The molecule has 39 heavy (non-hydrogen) atoms. The van der Waals surface area contributed by atoms with Gasteiger partial charge >= 0.3 is 5.97 Å². The van der Waals surface area contributed by atoms with Gasteiger partial charge in [0.1, 0.15) is 12.1 Å². The van der Waals surface area contributed by atoms with Gasteiger partial charge in [0.15, 0.2) is 0 Å². The molecule has 3 aromatic carbocycles. The highest BCUT2D eigenvalue weighted by Crippen LogP contribution is 2.56. The van der Waals surface area contributed by atoms with E-state index in [4.69, 9.17) is 10.5 Å². The lowest BCUT2D eigenvalue weighted by atomic mass is 9.70. The lowest BCUT2D eigenvalue weighted by molar-refractivity contribution is -0.156. The molecule has 0 saturated carbocycles. The molecule has 3 aromatic rings. The molecule has 0 radical (unpaired) electrons. The summed E-state index contributed by atoms with van der Waals surface area (Å²) in [6.45, 7) is 4.13. The van der Waals surface area contributed by atoms with Gasteiger partial charge in [0, 0.05) is 25.1 Å². The number of carbonyl (C=O) groups is 2. The molecule has 0 aliphatic heterocycles. The number of carbonyl (C=O) groups excluding carboxylic acids is 2. The summed E-state index contributed by atoms with van der Waals surface area (Å²) in [7, 11) is 3.52. The first kappa shape index (κ1) is 26.9. The number of esters is 1. The van der Waals surface area contributed by atoms with Crippen molar-refractivity contribution < 1.29 is 14.3 Å². The van der Waals surface area contributed by atoms with Crippen molar-refractivity contribution in [1.82, 2.24) is 4.90 Å². The highest BCUT2D eigenvalue weighted by atomic mass is 16.5. The Morgan fingerprint density at radius 2 is 1.64 bits per heavy atom. The number of amides is 1. The third kappa shape index (κ3) is 5.28. The van der Waals surface area contributed by atoms with E-state index in [0.29, 0.717) is 24.3 Å². The second kappa shape index (κ2) is 10.8. The van der Waals surface area contributed by atoms with Crippen LogP contribution in [0.4, 0.5) is 0 Å². The van der Waals surface area contributed by atoms with Gasteiger partial charge < -0.3 is 15.4 Å². The Hall–Kier alpha value is -3.70. The highest BCUT2D eigenvalue weighted by molar-refractivity contribution is 5.93. The van der Waals surface area contributed by atoms with E-state index in [2.05, 4.69) is 62.4 Å². The quantitative estimate of drug-likeness (QED) is 0.381. The fraction of sp³-hybridized carbons (Fsp3) is 0.353. The molecule has 0 heterocycles. The summed E-state index contributed by atoms with van der Waals surface area (Å²) < 4.78 is 6.43.